The second kappa shape index (κ2) is 6.48. The molecule has 0 saturated heterocycles. The molecular formula is C16H19FN2O. The van der Waals surface area contributed by atoms with Crippen molar-refractivity contribution in [3.8, 4) is 5.75 Å². The number of pyridine rings is 1. The first-order chi connectivity index (χ1) is 9.65. The molecule has 2 aromatic rings. The van der Waals surface area contributed by atoms with Crippen molar-refractivity contribution in [2.45, 2.75) is 19.9 Å². The number of hydrogen-bond donors (Lipinski definition) is 1. The number of ether oxygens (including phenoxy) is 1. The first-order valence-electron chi connectivity index (χ1n) is 6.64. The van der Waals surface area contributed by atoms with Crippen LogP contribution in [0, 0.1) is 12.7 Å². The Kier molecular flexibility index (Phi) is 4.69. The number of hydrogen-bond acceptors (Lipinski definition) is 3. The first kappa shape index (κ1) is 14.5. The monoisotopic (exact) mass is 274 g/mol. The van der Waals surface area contributed by atoms with E-state index in [2.05, 4.69) is 10.3 Å². The third-order valence-corrected chi connectivity index (χ3v) is 3.18. The first-order valence-corrected chi connectivity index (χ1v) is 6.64. The van der Waals surface area contributed by atoms with Crippen LogP contribution < -0.4 is 10.1 Å². The van der Waals surface area contributed by atoms with E-state index in [0.717, 1.165) is 17.7 Å². The Balaban J connectivity index is 2.44. The maximum Gasteiger partial charge on any atom is 0.137 e. The number of nitrogens with zero attached hydrogens (tertiary/aromatic N) is 1. The van der Waals surface area contributed by atoms with Gasteiger partial charge in [0.15, 0.2) is 0 Å². The molecular weight excluding hydrogens is 255 g/mol. The zero-order chi connectivity index (χ0) is 14.5. The maximum absolute atomic E-state index is 14.2. The summed E-state index contributed by atoms with van der Waals surface area (Å²) in [4.78, 5) is 4.14. The van der Waals surface area contributed by atoms with Gasteiger partial charge in [-0.25, -0.2) is 4.39 Å². The fraction of sp³-hybridized carbons (Fsp3) is 0.312. The molecule has 0 fully saturated rings. The third-order valence-electron chi connectivity index (χ3n) is 3.18. The van der Waals surface area contributed by atoms with Crippen molar-refractivity contribution >= 4 is 0 Å². The molecule has 4 heteroatoms. The van der Waals surface area contributed by atoms with Crippen molar-refractivity contribution in [1.29, 1.82) is 0 Å². The van der Waals surface area contributed by atoms with Crippen LogP contribution in [0.2, 0.25) is 0 Å². The normalized spacial score (nSPS) is 12.2. The molecule has 1 atom stereocenters. The van der Waals surface area contributed by atoms with E-state index in [1.165, 1.54) is 0 Å². The Morgan fingerprint density at radius 2 is 2.10 bits per heavy atom. The quantitative estimate of drug-likeness (QED) is 0.909. The van der Waals surface area contributed by atoms with Crippen LogP contribution in [0.5, 0.6) is 5.75 Å². The summed E-state index contributed by atoms with van der Waals surface area (Å²) in [5.41, 5.74) is 2.41. The van der Waals surface area contributed by atoms with Crippen LogP contribution in [0.25, 0.3) is 0 Å². The van der Waals surface area contributed by atoms with Gasteiger partial charge in [-0.15, -0.1) is 0 Å². The summed E-state index contributed by atoms with van der Waals surface area (Å²) in [6.07, 6.45) is 3.37. The van der Waals surface area contributed by atoms with Crippen molar-refractivity contribution in [2.75, 3.05) is 13.7 Å². The minimum absolute atomic E-state index is 0.209. The van der Waals surface area contributed by atoms with E-state index in [0.29, 0.717) is 11.3 Å². The zero-order valence-electron chi connectivity index (χ0n) is 12.0. The van der Waals surface area contributed by atoms with Crippen LogP contribution in [-0.2, 0) is 0 Å². The molecule has 1 heterocycles. The van der Waals surface area contributed by atoms with E-state index in [9.17, 15) is 4.39 Å². The van der Waals surface area contributed by atoms with E-state index in [1.807, 2.05) is 32.0 Å². The molecule has 106 valence electrons. The van der Waals surface area contributed by atoms with Gasteiger partial charge >= 0.3 is 0 Å². The number of methoxy groups -OCH3 is 1. The Bertz CT molecular complexity index is 586. The van der Waals surface area contributed by atoms with Gasteiger partial charge in [-0.2, -0.15) is 0 Å². The average Bonchev–Trinajstić information content (AvgIpc) is 2.45. The molecule has 0 aliphatic rings. The summed E-state index contributed by atoms with van der Waals surface area (Å²) in [6, 6.07) is 6.92. The molecule has 0 aliphatic heterocycles. The minimum Gasteiger partial charge on any atom is -0.495 e. The number of rotatable bonds is 5. The minimum atomic E-state index is -0.233. The molecule has 0 aliphatic carbocycles. The van der Waals surface area contributed by atoms with Gasteiger partial charge in [0.1, 0.15) is 11.6 Å². The predicted octanol–water partition coefficient (Wildman–Crippen LogP) is 3.24. The molecule has 2 rings (SSSR count). The summed E-state index contributed by atoms with van der Waals surface area (Å²) < 4.78 is 19.4. The zero-order valence-corrected chi connectivity index (χ0v) is 12.0. The summed E-state index contributed by atoms with van der Waals surface area (Å²) in [7, 11) is 1.59. The van der Waals surface area contributed by atoms with Crippen molar-refractivity contribution in [3.05, 3.63) is 59.2 Å². The van der Waals surface area contributed by atoms with E-state index >= 15 is 0 Å². The molecule has 0 saturated carbocycles. The van der Waals surface area contributed by atoms with E-state index in [4.69, 9.17) is 4.74 Å². The van der Waals surface area contributed by atoms with Crippen molar-refractivity contribution in [3.63, 3.8) is 0 Å². The summed E-state index contributed by atoms with van der Waals surface area (Å²) >= 11 is 0. The summed E-state index contributed by atoms with van der Waals surface area (Å²) in [6.45, 7) is 4.60. The van der Waals surface area contributed by atoms with Crippen LogP contribution >= 0.6 is 0 Å². The molecule has 3 nitrogen and oxygen atoms in total. The number of halogens is 1. The molecule has 20 heavy (non-hydrogen) atoms. The van der Waals surface area contributed by atoms with Gasteiger partial charge in [0.25, 0.3) is 0 Å². The highest BCUT2D eigenvalue weighted by Crippen LogP contribution is 2.26. The van der Waals surface area contributed by atoms with Gasteiger partial charge in [0.2, 0.25) is 0 Å². The fourth-order valence-corrected chi connectivity index (χ4v) is 2.18. The van der Waals surface area contributed by atoms with Gasteiger partial charge in [-0.1, -0.05) is 19.1 Å². The molecule has 0 spiro atoms. The van der Waals surface area contributed by atoms with Crippen molar-refractivity contribution in [1.82, 2.24) is 10.3 Å². The Morgan fingerprint density at radius 3 is 2.75 bits per heavy atom. The second-order valence-electron chi connectivity index (χ2n) is 4.67. The Labute approximate surface area is 118 Å². The maximum atomic E-state index is 14.2. The molecule has 0 radical (unpaired) electrons. The fourth-order valence-electron chi connectivity index (χ4n) is 2.18. The Hall–Kier alpha value is -1.94. The van der Waals surface area contributed by atoms with E-state index in [1.54, 1.807) is 25.6 Å². The lowest BCUT2D eigenvalue weighted by atomic mass is 9.98. The van der Waals surface area contributed by atoms with Crippen molar-refractivity contribution in [2.24, 2.45) is 0 Å². The van der Waals surface area contributed by atoms with Crippen molar-refractivity contribution < 1.29 is 9.13 Å². The van der Waals surface area contributed by atoms with E-state index in [-0.39, 0.29) is 11.9 Å². The molecule has 0 bridgehead atoms. The molecule has 1 unspecified atom stereocenters. The van der Waals surface area contributed by atoms with Crippen LogP contribution in [-0.4, -0.2) is 18.6 Å². The van der Waals surface area contributed by atoms with Crippen LogP contribution in [0.3, 0.4) is 0 Å². The highest BCUT2D eigenvalue weighted by molar-refractivity contribution is 5.36. The molecule has 0 amide bonds. The lowest BCUT2D eigenvalue weighted by Crippen LogP contribution is -2.23. The number of aryl methyl sites for hydroxylation is 1. The lowest BCUT2D eigenvalue weighted by Gasteiger charge is -2.20. The molecule has 1 N–H and O–H groups in total. The highest BCUT2D eigenvalue weighted by Gasteiger charge is 2.18. The van der Waals surface area contributed by atoms with Gasteiger partial charge in [-0.05, 0) is 36.7 Å². The van der Waals surface area contributed by atoms with Gasteiger partial charge in [0.05, 0.1) is 19.3 Å². The summed E-state index contributed by atoms with van der Waals surface area (Å²) in [5.74, 6) is 0.455. The van der Waals surface area contributed by atoms with Crippen LogP contribution in [0.1, 0.15) is 29.7 Å². The predicted molar refractivity (Wildman–Crippen MR) is 77.4 cm³/mol. The van der Waals surface area contributed by atoms with E-state index < -0.39 is 0 Å². The lowest BCUT2D eigenvalue weighted by molar-refractivity contribution is 0.411. The SMILES string of the molecule is CCNC(c1cncc(OC)c1)c1ccc(C)cc1F. The average molecular weight is 274 g/mol. The van der Waals surface area contributed by atoms with Gasteiger partial charge in [0, 0.05) is 11.8 Å². The topological polar surface area (TPSA) is 34.2 Å². The molecule has 1 aromatic carbocycles. The largest absolute Gasteiger partial charge is 0.495 e. The van der Waals surface area contributed by atoms with Gasteiger partial charge in [-0.3, -0.25) is 4.98 Å². The third kappa shape index (κ3) is 3.14. The number of benzene rings is 1. The smallest absolute Gasteiger partial charge is 0.137 e. The van der Waals surface area contributed by atoms with Crippen LogP contribution in [0.15, 0.2) is 36.7 Å². The standard InChI is InChI=1S/C16H19FN2O/c1-4-19-16(12-8-13(20-3)10-18-9-12)14-6-5-11(2)7-15(14)17/h5-10,16,19H,4H2,1-3H3. The van der Waals surface area contributed by atoms with Crippen LogP contribution in [0.4, 0.5) is 4.39 Å². The Morgan fingerprint density at radius 1 is 1.30 bits per heavy atom. The number of nitrogens with one attached hydrogen (secondary N) is 1. The van der Waals surface area contributed by atoms with Gasteiger partial charge < -0.3 is 10.1 Å². The summed E-state index contributed by atoms with van der Waals surface area (Å²) in [5, 5.41) is 3.29. The highest BCUT2D eigenvalue weighted by atomic mass is 19.1. The number of aromatic nitrogens is 1. The molecule has 1 aromatic heterocycles. The second-order valence-corrected chi connectivity index (χ2v) is 4.67.